The van der Waals surface area contributed by atoms with Gasteiger partial charge < -0.3 is 14.2 Å². The standard InChI is InChI=1S/C22H24N4O5S/c1-15-2-5-18(22(28)25-12-13-32-14-25)21(23-15)16-8-10-24(11-9-16)19(27)6-3-17-4-7-20(31-17)26(29)30/h2-7,16H,8-14H2,1H3. The molecular weight excluding hydrogens is 432 g/mol. The van der Waals surface area contributed by atoms with Crippen LogP contribution in [0.4, 0.5) is 5.88 Å². The number of nitrogens with zero attached hydrogens (tertiary/aromatic N) is 4. The van der Waals surface area contributed by atoms with Crippen molar-refractivity contribution in [3.05, 3.63) is 63.2 Å². The smallest absolute Gasteiger partial charge is 0.401 e. The highest BCUT2D eigenvalue weighted by molar-refractivity contribution is 7.99. The van der Waals surface area contributed by atoms with Crippen molar-refractivity contribution in [1.29, 1.82) is 0 Å². The largest absolute Gasteiger partial charge is 0.433 e. The summed E-state index contributed by atoms with van der Waals surface area (Å²) in [7, 11) is 0. The van der Waals surface area contributed by atoms with Gasteiger partial charge in [0.2, 0.25) is 5.91 Å². The molecule has 0 aliphatic carbocycles. The van der Waals surface area contributed by atoms with Crippen molar-refractivity contribution in [3.63, 3.8) is 0 Å². The van der Waals surface area contributed by atoms with E-state index in [2.05, 4.69) is 0 Å². The molecule has 0 unspecified atom stereocenters. The van der Waals surface area contributed by atoms with E-state index in [1.165, 1.54) is 24.3 Å². The third kappa shape index (κ3) is 4.85. The molecule has 2 saturated heterocycles. The van der Waals surface area contributed by atoms with Crippen LogP contribution < -0.4 is 0 Å². The number of hydrogen-bond acceptors (Lipinski definition) is 7. The molecule has 0 atom stereocenters. The van der Waals surface area contributed by atoms with Crippen molar-refractivity contribution >= 4 is 35.5 Å². The number of hydrogen-bond donors (Lipinski definition) is 0. The topological polar surface area (TPSA) is 110 Å². The summed E-state index contributed by atoms with van der Waals surface area (Å²) in [6.07, 6.45) is 4.25. The summed E-state index contributed by atoms with van der Waals surface area (Å²) in [6, 6.07) is 6.47. The fourth-order valence-corrected chi connectivity index (χ4v) is 4.92. The van der Waals surface area contributed by atoms with Gasteiger partial charge in [-0.05, 0) is 44.0 Å². The van der Waals surface area contributed by atoms with Gasteiger partial charge in [-0.3, -0.25) is 24.7 Å². The van der Waals surface area contributed by atoms with E-state index < -0.39 is 4.92 Å². The summed E-state index contributed by atoms with van der Waals surface area (Å²) in [6.45, 7) is 3.78. The molecule has 2 fully saturated rings. The Labute approximate surface area is 189 Å². The van der Waals surface area contributed by atoms with Crippen molar-refractivity contribution in [2.75, 3.05) is 31.3 Å². The van der Waals surface area contributed by atoms with E-state index in [4.69, 9.17) is 9.40 Å². The minimum atomic E-state index is -0.620. The van der Waals surface area contributed by atoms with E-state index in [0.29, 0.717) is 24.5 Å². The van der Waals surface area contributed by atoms with Crippen LogP contribution in [-0.2, 0) is 4.79 Å². The van der Waals surface area contributed by atoms with Gasteiger partial charge in [0.25, 0.3) is 5.91 Å². The molecule has 10 heteroatoms. The first-order valence-corrected chi connectivity index (χ1v) is 11.6. The summed E-state index contributed by atoms with van der Waals surface area (Å²) >= 11 is 1.75. The molecule has 0 aromatic carbocycles. The molecule has 0 saturated carbocycles. The zero-order chi connectivity index (χ0) is 22.7. The summed E-state index contributed by atoms with van der Waals surface area (Å²) in [4.78, 5) is 43.9. The molecule has 9 nitrogen and oxygen atoms in total. The van der Waals surface area contributed by atoms with Crippen LogP contribution in [-0.4, -0.2) is 62.8 Å². The van der Waals surface area contributed by atoms with E-state index in [1.807, 2.05) is 24.0 Å². The van der Waals surface area contributed by atoms with Gasteiger partial charge in [-0.1, -0.05) is 0 Å². The van der Waals surface area contributed by atoms with Gasteiger partial charge >= 0.3 is 5.88 Å². The molecule has 0 N–H and O–H groups in total. The summed E-state index contributed by atoms with van der Waals surface area (Å²) in [5.41, 5.74) is 2.38. The Morgan fingerprint density at radius 2 is 1.97 bits per heavy atom. The van der Waals surface area contributed by atoms with Crippen molar-refractivity contribution in [2.24, 2.45) is 0 Å². The number of pyridine rings is 1. The number of aryl methyl sites for hydroxylation is 1. The predicted octanol–water partition coefficient (Wildman–Crippen LogP) is 3.46. The molecule has 2 aliphatic rings. The Bertz CT molecular complexity index is 1050. The molecule has 2 aliphatic heterocycles. The minimum Gasteiger partial charge on any atom is -0.401 e. The van der Waals surface area contributed by atoms with Gasteiger partial charge in [0, 0.05) is 43.1 Å². The number of rotatable bonds is 5. The van der Waals surface area contributed by atoms with Crippen LogP contribution in [0.5, 0.6) is 0 Å². The molecule has 0 bridgehead atoms. The van der Waals surface area contributed by atoms with E-state index >= 15 is 0 Å². The molecule has 32 heavy (non-hydrogen) atoms. The first kappa shape index (κ1) is 22.1. The average molecular weight is 457 g/mol. The van der Waals surface area contributed by atoms with E-state index in [9.17, 15) is 19.7 Å². The third-order valence-corrected chi connectivity index (χ3v) is 6.68. The highest BCUT2D eigenvalue weighted by atomic mass is 32.2. The third-order valence-electron chi connectivity index (χ3n) is 5.71. The number of piperidine rings is 1. The summed E-state index contributed by atoms with van der Waals surface area (Å²) in [5.74, 6) is 1.54. The summed E-state index contributed by atoms with van der Waals surface area (Å²) < 4.78 is 5.04. The molecule has 4 heterocycles. The normalized spacial score (nSPS) is 17.3. The van der Waals surface area contributed by atoms with Gasteiger partial charge in [-0.2, -0.15) is 0 Å². The number of likely N-dealkylation sites (tertiary alicyclic amines) is 1. The Morgan fingerprint density at radius 1 is 1.19 bits per heavy atom. The lowest BCUT2D eigenvalue weighted by molar-refractivity contribution is -0.402. The first-order valence-electron chi connectivity index (χ1n) is 10.5. The number of nitro groups is 1. The van der Waals surface area contributed by atoms with E-state index in [1.54, 1.807) is 16.7 Å². The van der Waals surface area contributed by atoms with Crippen LogP contribution in [0, 0.1) is 17.0 Å². The maximum atomic E-state index is 13.0. The lowest BCUT2D eigenvalue weighted by atomic mass is 9.89. The van der Waals surface area contributed by atoms with Crippen LogP contribution in [0.15, 0.2) is 34.8 Å². The fraction of sp³-hybridized carbons (Fsp3) is 0.409. The second-order valence-corrected chi connectivity index (χ2v) is 8.93. The molecule has 0 spiro atoms. The fourth-order valence-electron chi connectivity index (χ4n) is 3.98. The predicted molar refractivity (Wildman–Crippen MR) is 120 cm³/mol. The maximum absolute atomic E-state index is 13.0. The highest BCUT2D eigenvalue weighted by Gasteiger charge is 2.29. The number of amides is 2. The van der Waals surface area contributed by atoms with Crippen LogP contribution in [0.2, 0.25) is 0 Å². The van der Waals surface area contributed by atoms with E-state index in [0.717, 1.165) is 36.5 Å². The highest BCUT2D eigenvalue weighted by Crippen LogP contribution is 2.31. The van der Waals surface area contributed by atoms with Gasteiger partial charge in [-0.25, -0.2) is 0 Å². The Kier molecular flexibility index (Phi) is 6.59. The number of carbonyl (C=O) groups is 2. The Hall–Kier alpha value is -3.14. The van der Waals surface area contributed by atoms with Gasteiger partial charge in [0.05, 0.1) is 23.2 Å². The monoisotopic (exact) mass is 456 g/mol. The van der Waals surface area contributed by atoms with Gasteiger partial charge in [-0.15, -0.1) is 11.8 Å². The van der Waals surface area contributed by atoms with Crippen LogP contribution >= 0.6 is 11.8 Å². The zero-order valence-corrected chi connectivity index (χ0v) is 18.5. The summed E-state index contributed by atoms with van der Waals surface area (Å²) in [5, 5.41) is 10.7. The van der Waals surface area contributed by atoms with Crippen LogP contribution in [0.3, 0.4) is 0 Å². The average Bonchev–Trinajstić information content (AvgIpc) is 3.49. The quantitative estimate of drug-likeness (QED) is 0.385. The SMILES string of the molecule is Cc1ccc(C(=O)N2CCSC2)c(C2CCN(C(=O)C=Cc3ccc([N+](=O)[O-])o3)CC2)n1. The van der Waals surface area contributed by atoms with Crippen LogP contribution in [0.1, 0.15) is 46.3 Å². The Morgan fingerprint density at radius 3 is 2.62 bits per heavy atom. The molecule has 2 amide bonds. The second-order valence-electron chi connectivity index (χ2n) is 7.86. The molecule has 4 rings (SSSR count). The van der Waals surface area contributed by atoms with Crippen molar-refractivity contribution < 1.29 is 18.9 Å². The number of furan rings is 1. The molecular formula is C22H24N4O5S. The van der Waals surface area contributed by atoms with Gasteiger partial charge in [0.15, 0.2) is 0 Å². The molecule has 2 aromatic rings. The van der Waals surface area contributed by atoms with Crippen LogP contribution in [0.25, 0.3) is 6.08 Å². The lowest BCUT2D eigenvalue weighted by Crippen LogP contribution is -2.37. The maximum Gasteiger partial charge on any atom is 0.433 e. The molecule has 0 radical (unpaired) electrons. The Balaban J connectivity index is 1.40. The number of thioether (sulfide) groups is 1. The zero-order valence-electron chi connectivity index (χ0n) is 17.7. The van der Waals surface area contributed by atoms with Gasteiger partial charge in [0.1, 0.15) is 10.7 Å². The molecule has 168 valence electrons. The number of aromatic nitrogens is 1. The lowest BCUT2D eigenvalue weighted by Gasteiger charge is -2.32. The van der Waals surface area contributed by atoms with Crippen molar-refractivity contribution in [2.45, 2.75) is 25.7 Å². The minimum absolute atomic E-state index is 0.0338. The second kappa shape index (κ2) is 9.56. The molecule has 2 aromatic heterocycles. The van der Waals surface area contributed by atoms with Crippen molar-refractivity contribution in [1.82, 2.24) is 14.8 Å². The first-order chi connectivity index (χ1) is 15.4. The van der Waals surface area contributed by atoms with E-state index in [-0.39, 0.29) is 29.4 Å². The van der Waals surface area contributed by atoms with Crippen molar-refractivity contribution in [3.8, 4) is 0 Å². The number of carbonyl (C=O) groups excluding carboxylic acids is 2.